The molecule has 0 heterocycles. The van der Waals surface area contributed by atoms with Gasteiger partial charge in [-0.15, -0.1) is 0 Å². The van der Waals surface area contributed by atoms with Crippen molar-refractivity contribution in [2.75, 3.05) is 169 Å². The predicted octanol–water partition coefficient (Wildman–Crippen LogP) is 2.55. The zero-order chi connectivity index (χ0) is 36.4. The fourth-order valence-electron chi connectivity index (χ4n) is 4.80. The first-order chi connectivity index (χ1) is 19.9. The summed E-state index contributed by atoms with van der Waals surface area (Å²) in [6.07, 6.45) is 0. The monoisotopic (exact) mass is 646 g/mol. The van der Waals surface area contributed by atoms with E-state index in [1.54, 1.807) is 0 Å². The lowest BCUT2D eigenvalue weighted by Crippen LogP contribution is -2.35. The van der Waals surface area contributed by atoms with Gasteiger partial charge in [-0.3, -0.25) is 0 Å². The SMILES string of the molecule is CC.CN(C)C(=C(N(C)C)N(C)C)N(C)C.CN(C)C(=C(N(C)C)N(C)C)N(C)C.CN(C)C(=C(N(C)C)N(C)C)N(C)C.[CH3-]. The quantitative estimate of drug-likeness (QED) is 0.293. The Morgan fingerprint density at radius 3 is 0.244 bits per heavy atom. The maximum Gasteiger partial charge on any atom is 0.145 e. The normalized spacial score (nSPS) is 8.93. The van der Waals surface area contributed by atoms with Crippen LogP contribution < -0.4 is 0 Å². The van der Waals surface area contributed by atoms with E-state index in [1.165, 1.54) is 34.9 Å². The molecule has 274 valence electrons. The Labute approximate surface area is 283 Å². The van der Waals surface area contributed by atoms with Crippen LogP contribution in [0.5, 0.6) is 0 Å². The van der Waals surface area contributed by atoms with Crippen LogP contribution in [-0.2, 0) is 0 Å². The third-order valence-corrected chi connectivity index (χ3v) is 5.68. The van der Waals surface area contributed by atoms with Gasteiger partial charge in [-0.25, -0.2) is 0 Å². The highest BCUT2D eigenvalue weighted by Crippen LogP contribution is 2.15. The first-order valence-electron chi connectivity index (χ1n) is 15.2. The summed E-state index contributed by atoms with van der Waals surface area (Å²) in [4.78, 5) is 25.4. The highest BCUT2D eigenvalue weighted by atomic mass is 15.4. The molecule has 0 spiro atoms. The molecule has 0 aromatic heterocycles. The summed E-state index contributed by atoms with van der Waals surface area (Å²) in [5.74, 6) is 7.17. The van der Waals surface area contributed by atoms with E-state index in [-0.39, 0.29) is 7.43 Å². The Balaban J connectivity index is -0.000000171. The molecule has 0 N–H and O–H groups in total. The maximum absolute atomic E-state index is 2.12. The van der Waals surface area contributed by atoms with Gasteiger partial charge in [-0.2, -0.15) is 0 Å². The van der Waals surface area contributed by atoms with Gasteiger partial charge >= 0.3 is 0 Å². The summed E-state index contributed by atoms with van der Waals surface area (Å²) in [7, 11) is 49.4. The summed E-state index contributed by atoms with van der Waals surface area (Å²) >= 11 is 0. The molecule has 0 aliphatic carbocycles. The van der Waals surface area contributed by atoms with Crippen LogP contribution in [0.1, 0.15) is 13.8 Å². The first-order valence-corrected chi connectivity index (χ1v) is 15.2. The Morgan fingerprint density at radius 1 is 0.178 bits per heavy atom. The van der Waals surface area contributed by atoms with Crippen LogP contribution in [0.25, 0.3) is 0 Å². The standard InChI is InChI=1S/3C10H24N4.C2H6.CH3/c3*1-11(2)9(12(3)4)10(13(5)6)14(7)8;1-2;/h3*1-8H3;1-2H3;1H3/q;;;;-1. The zero-order valence-corrected chi connectivity index (χ0v) is 35.4. The number of hydrogen-bond donors (Lipinski definition) is 0. The highest BCUT2D eigenvalue weighted by Gasteiger charge is 2.17. The summed E-state index contributed by atoms with van der Waals surface area (Å²) in [6, 6.07) is 0. The second kappa shape index (κ2) is 25.1. The van der Waals surface area contributed by atoms with Gasteiger partial charge in [0.2, 0.25) is 0 Å². The van der Waals surface area contributed by atoms with E-state index in [0.29, 0.717) is 0 Å². The van der Waals surface area contributed by atoms with Gasteiger partial charge in [-0.05, 0) is 0 Å². The highest BCUT2D eigenvalue weighted by molar-refractivity contribution is 5.09. The Bertz CT molecular complexity index is 597. The fraction of sp³-hybridized carbons (Fsp3) is 0.788. The van der Waals surface area contributed by atoms with Gasteiger partial charge in [0.1, 0.15) is 34.9 Å². The van der Waals surface area contributed by atoms with Crippen molar-refractivity contribution in [1.29, 1.82) is 0 Å². The van der Waals surface area contributed by atoms with Crippen molar-refractivity contribution in [2.24, 2.45) is 0 Å². The molecule has 0 aromatic rings. The summed E-state index contributed by atoms with van der Waals surface area (Å²) in [5, 5.41) is 0. The van der Waals surface area contributed by atoms with Crippen molar-refractivity contribution < 1.29 is 0 Å². The second-order valence-corrected chi connectivity index (χ2v) is 12.7. The maximum atomic E-state index is 2.12. The third-order valence-electron chi connectivity index (χ3n) is 5.68. The number of rotatable bonds is 12. The van der Waals surface area contributed by atoms with Crippen molar-refractivity contribution in [3.8, 4) is 0 Å². The molecule has 0 fully saturated rings. The molecule has 0 saturated carbocycles. The Hall–Kier alpha value is -3.18. The van der Waals surface area contributed by atoms with Crippen molar-refractivity contribution in [1.82, 2.24) is 58.8 Å². The second-order valence-electron chi connectivity index (χ2n) is 12.7. The zero-order valence-electron chi connectivity index (χ0n) is 35.4. The molecular weight excluding hydrogens is 564 g/mol. The minimum atomic E-state index is 0. The van der Waals surface area contributed by atoms with Gasteiger partial charge in [-0.1, -0.05) is 13.8 Å². The van der Waals surface area contributed by atoms with Gasteiger partial charge < -0.3 is 66.2 Å². The Kier molecular flexibility index (Phi) is 28.6. The molecule has 12 heteroatoms. The summed E-state index contributed by atoms with van der Waals surface area (Å²) in [6.45, 7) is 4.00. The first kappa shape index (κ1) is 51.4. The van der Waals surface area contributed by atoms with Gasteiger partial charge in [0.25, 0.3) is 0 Å². The molecule has 0 rings (SSSR count). The molecule has 0 amide bonds. The molecule has 0 bridgehead atoms. The minimum absolute atomic E-state index is 0. The average Bonchev–Trinajstić information content (AvgIpc) is 2.83. The van der Waals surface area contributed by atoms with E-state index in [9.17, 15) is 0 Å². The molecule has 0 radical (unpaired) electrons. The topological polar surface area (TPSA) is 38.9 Å². The molecule has 12 nitrogen and oxygen atoms in total. The van der Waals surface area contributed by atoms with Crippen molar-refractivity contribution in [2.45, 2.75) is 13.8 Å². The number of nitrogens with zero attached hydrogens (tertiary/aromatic N) is 12. The molecule has 0 aliphatic rings. The van der Waals surface area contributed by atoms with E-state index >= 15 is 0 Å². The average molecular weight is 646 g/mol. The lowest BCUT2D eigenvalue weighted by molar-refractivity contribution is 0.256. The van der Waals surface area contributed by atoms with E-state index < -0.39 is 0 Å². The van der Waals surface area contributed by atoms with E-state index in [1.807, 2.05) is 13.8 Å². The smallest absolute Gasteiger partial charge is 0.145 e. The molecule has 0 unspecified atom stereocenters. The molecule has 0 aromatic carbocycles. The van der Waals surface area contributed by atoms with Gasteiger partial charge in [0, 0.05) is 169 Å². The van der Waals surface area contributed by atoms with Crippen LogP contribution in [-0.4, -0.2) is 228 Å². The Morgan fingerprint density at radius 2 is 0.222 bits per heavy atom. The van der Waals surface area contributed by atoms with E-state index in [4.69, 9.17) is 0 Å². The van der Waals surface area contributed by atoms with Crippen LogP contribution in [0, 0.1) is 7.43 Å². The third kappa shape index (κ3) is 19.1. The lowest BCUT2D eigenvalue weighted by Gasteiger charge is -2.34. The molecule has 0 atom stereocenters. The lowest BCUT2D eigenvalue weighted by atomic mass is 10.4. The van der Waals surface area contributed by atoms with Gasteiger partial charge in [0.05, 0.1) is 0 Å². The molecule has 0 saturated heterocycles. The predicted molar refractivity (Wildman–Crippen MR) is 203 cm³/mol. The van der Waals surface area contributed by atoms with Crippen LogP contribution in [0.3, 0.4) is 0 Å². The number of hydrogen-bond acceptors (Lipinski definition) is 12. The molecule has 0 aliphatic heterocycles. The minimum Gasteiger partial charge on any atom is -0.361 e. The van der Waals surface area contributed by atoms with Crippen LogP contribution in [0.2, 0.25) is 0 Å². The van der Waals surface area contributed by atoms with Gasteiger partial charge in [0.15, 0.2) is 0 Å². The van der Waals surface area contributed by atoms with E-state index in [2.05, 4.69) is 228 Å². The van der Waals surface area contributed by atoms with Crippen LogP contribution in [0.15, 0.2) is 34.9 Å². The summed E-state index contributed by atoms with van der Waals surface area (Å²) < 4.78 is 0. The van der Waals surface area contributed by atoms with Crippen LogP contribution >= 0.6 is 0 Å². The van der Waals surface area contributed by atoms with Crippen molar-refractivity contribution >= 4 is 0 Å². The molecule has 45 heavy (non-hydrogen) atoms. The van der Waals surface area contributed by atoms with Crippen LogP contribution in [0.4, 0.5) is 0 Å². The summed E-state index contributed by atoms with van der Waals surface area (Å²) in [5.41, 5.74) is 0. The van der Waals surface area contributed by atoms with E-state index in [0.717, 1.165) is 0 Å². The fourth-order valence-corrected chi connectivity index (χ4v) is 4.80. The largest absolute Gasteiger partial charge is 0.361 e. The molecular formula is C33H81N12-. The van der Waals surface area contributed by atoms with Crippen molar-refractivity contribution in [3.05, 3.63) is 42.4 Å². The van der Waals surface area contributed by atoms with Crippen molar-refractivity contribution in [3.63, 3.8) is 0 Å².